The van der Waals surface area contributed by atoms with Crippen LogP contribution in [0.2, 0.25) is 0 Å². The van der Waals surface area contributed by atoms with Gasteiger partial charge in [0.25, 0.3) is 10.0 Å². The van der Waals surface area contributed by atoms with Crippen LogP contribution in [-0.4, -0.2) is 13.4 Å². The second-order valence-electron chi connectivity index (χ2n) is 3.80. The Balaban J connectivity index is 2.43. The standard InChI is InChI=1S/C12H8BrN3O3S/c13-9-2-1-8(6-14)11(5-9)16-20(18,19)10-3-4-12(17)15-7-10/h1-5,7,16H,(H,15,17). The molecule has 0 aliphatic heterocycles. The highest BCUT2D eigenvalue weighted by Crippen LogP contribution is 2.23. The molecule has 0 aliphatic rings. The lowest BCUT2D eigenvalue weighted by Gasteiger charge is -2.09. The molecule has 8 heteroatoms. The zero-order valence-corrected chi connectivity index (χ0v) is 12.3. The van der Waals surface area contributed by atoms with Crippen LogP contribution in [-0.2, 0) is 10.0 Å². The summed E-state index contributed by atoms with van der Waals surface area (Å²) in [4.78, 5) is 13.1. The second-order valence-corrected chi connectivity index (χ2v) is 6.39. The van der Waals surface area contributed by atoms with Crippen LogP contribution in [0.15, 0.2) is 50.7 Å². The van der Waals surface area contributed by atoms with Crippen LogP contribution in [0.1, 0.15) is 5.56 Å². The van der Waals surface area contributed by atoms with Gasteiger partial charge in [-0.2, -0.15) is 5.26 Å². The van der Waals surface area contributed by atoms with E-state index in [-0.39, 0.29) is 16.1 Å². The molecule has 0 radical (unpaired) electrons. The SMILES string of the molecule is N#Cc1ccc(Br)cc1NS(=O)(=O)c1ccc(=O)[nH]c1. The molecule has 0 aliphatic carbocycles. The van der Waals surface area contributed by atoms with Crippen molar-refractivity contribution in [3.05, 3.63) is 56.9 Å². The van der Waals surface area contributed by atoms with Gasteiger partial charge < -0.3 is 4.98 Å². The van der Waals surface area contributed by atoms with Crippen LogP contribution in [0.25, 0.3) is 0 Å². The third kappa shape index (κ3) is 3.07. The number of anilines is 1. The second kappa shape index (κ2) is 5.48. The van der Waals surface area contributed by atoms with Gasteiger partial charge in [0.2, 0.25) is 5.56 Å². The summed E-state index contributed by atoms with van der Waals surface area (Å²) >= 11 is 3.21. The Bertz CT molecular complexity index is 832. The quantitative estimate of drug-likeness (QED) is 0.877. The lowest BCUT2D eigenvalue weighted by Crippen LogP contribution is -2.15. The van der Waals surface area contributed by atoms with Crippen molar-refractivity contribution in [3.63, 3.8) is 0 Å². The van der Waals surface area contributed by atoms with Crippen molar-refractivity contribution in [2.45, 2.75) is 4.90 Å². The summed E-state index contributed by atoms with van der Waals surface area (Å²) in [6.45, 7) is 0. The third-order valence-electron chi connectivity index (χ3n) is 2.41. The molecule has 0 amide bonds. The number of H-pyrrole nitrogens is 1. The van der Waals surface area contributed by atoms with Gasteiger partial charge in [0.15, 0.2) is 0 Å². The summed E-state index contributed by atoms with van der Waals surface area (Å²) in [7, 11) is -3.87. The van der Waals surface area contributed by atoms with Gasteiger partial charge in [-0.15, -0.1) is 0 Å². The number of benzene rings is 1. The molecular formula is C12H8BrN3O3S. The molecule has 0 spiro atoms. The summed E-state index contributed by atoms with van der Waals surface area (Å²) in [6, 6.07) is 8.82. The Morgan fingerprint density at radius 3 is 2.60 bits per heavy atom. The first-order chi connectivity index (χ1) is 9.42. The number of rotatable bonds is 3. The number of halogens is 1. The molecule has 0 saturated heterocycles. The Morgan fingerprint density at radius 1 is 1.25 bits per heavy atom. The molecule has 0 bridgehead atoms. The van der Waals surface area contributed by atoms with Crippen molar-refractivity contribution in [3.8, 4) is 6.07 Å². The molecule has 2 N–H and O–H groups in total. The van der Waals surface area contributed by atoms with Crippen LogP contribution in [0.5, 0.6) is 0 Å². The van der Waals surface area contributed by atoms with E-state index >= 15 is 0 Å². The van der Waals surface area contributed by atoms with E-state index in [4.69, 9.17) is 5.26 Å². The first-order valence-corrected chi connectivity index (χ1v) is 7.61. The van der Waals surface area contributed by atoms with Crippen LogP contribution >= 0.6 is 15.9 Å². The van der Waals surface area contributed by atoms with Gasteiger partial charge in [-0.3, -0.25) is 9.52 Å². The third-order valence-corrected chi connectivity index (χ3v) is 4.27. The van der Waals surface area contributed by atoms with Gasteiger partial charge >= 0.3 is 0 Å². The Kier molecular flexibility index (Phi) is 3.92. The maximum Gasteiger partial charge on any atom is 0.263 e. The molecule has 1 aromatic heterocycles. The minimum Gasteiger partial charge on any atom is -0.328 e. The molecule has 6 nitrogen and oxygen atoms in total. The fraction of sp³-hybridized carbons (Fsp3) is 0. The largest absolute Gasteiger partial charge is 0.328 e. The molecule has 2 rings (SSSR count). The summed E-state index contributed by atoms with van der Waals surface area (Å²) in [5, 5.41) is 8.97. The van der Waals surface area contributed by atoms with Gasteiger partial charge in [0, 0.05) is 16.7 Å². The van der Waals surface area contributed by atoms with Gasteiger partial charge in [0.1, 0.15) is 11.0 Å². The highest BCUT2D eigenvalue weighted by molar-refractivity contribution is 9.10. The summed E-state index contributed by atoms with van der Waals surface area (Å²) in [5.74, 6) is 0. The molecule has 0 unspecified atom stereocenters. The zero-order chi connectivity index (χ0) is 14.8. The number of nitrogens with zero attached hydrogens (tertiary/aromatic N) is 1. The Labute approximate surface area is 123 Å². The molecule has 1 aromatic carbocycles. The number of nitrogens with one attached hydrogen (secondary N) is 2. The van der Waals surface area contributed by atoms with Crippen LogP contribution in [0.4, 0.5) is 5.69 Å². The van der Waals surface area contributed by atoms with Gasteiger partial charge in [0.05, 0.1) is 11.3 Å². The first kappa shape index (κ1) is 14.3. The van der Waals surface area contributed by atoms with Crippen molar-refractivity contribution in [2.75, 3.05) is 4.72 Å². The maximum absolute atomic E-state index is 12.1. The maximum atomic E-state index is 12.1. The molecule has 0 fully saturated rings. The lowest BCUT2D eigenvalue weighted by atomic mass is 10.2. The van der Waals surface area contributed by atoms with Gasteiger partial charge in [-0.25, -0.2) is 8.42 Å². The fourth-order valence-electron chi connectivity index (χ4n) is 1.47. The molecule has 1 heterocycles. The lowest BCUT2D eigenvalue weighted by molar-refractivity contribution is 0.600. The van der Waals surface area contributed by atoms with E-state index in [0.717, 1.165) is 12.3 Å². The Hall–Kier alpha value is -2.11. The molecule has 2 aromatic rings. The zero-order valence-electron chi connectivity index (χ0n) is 9.92. The van der Waals surface area contributed by atoms with E-state index in [0.29, 0.717) is 4.47 Å². The van der Waals surface area contributed by atoms with Crippen LogP contribution < -0.4 is 10.3 Å². The average Bonchev–Trinajstić information content (AvgIpc) is 2.39. The van der Waals surface area contributed by atoms with E-state index in [1.165, 1.54) is 18.2 Å². The van der Waals surface area contributed by atoms with E-state index in [1.807, 2.05) is 6.07 Å². The van der Waals surface area contributed by atoms with Crippen molar-refractivity contribution in [2.24, 2.45) is 0 Å². The summed E-state index contributed by atoms with van der Waals surface area (Å²) < 4.78 is 27.2. The smallest absolute Gasteiger partial charge is 0.263 e. The molecule has 102 valence electrons. The van der Waals surface area contributed by atoms with E-state index < -0.39 is 15.6 Å². The predicted molar refractivity (Wildman–Crippen MR) is 76.7 cm³/mol. The highest BCUT2D eigenvalue weighted by atomic mass is 79.9. The fourth-order valence-corrected chi connectivity index (χ4v) is 2.86. The van der Waals surface area contributed by atoms with Gasteiger partial charge in [-0.1, -0.05) is 15.9 Å². The van der Waals surface area contributed by atoms with Crippen molar-refractivity contribution >= 4 is 31.6 Å². The normalized spacial score (nSPS) is 10.8. The summed E-state index contributed by atoms with van der Waals surface area (Å²) in [5.41, 5.74) is -0.0432. The number of nitriles is 1. The Morgan fingerprint density at radius 2 is 2.00 bits per heavy atom. The topological polar surface area (TPSA) is 103 Å². The molecule has 0 atom stereocenters. The van der Waals surface area contributed by atoms with E-state index in [1.54, 1.807) is 6.07 Å². The molecule has 0 saturated carbocycles. The minimum atomic E-state index is -3.87. The number of pyridine rings is 1. The predicted octanol–water partition coefficient (Wildman–Crippen LogP) is 1.81. The monoisotopic (exact) mass is 353 g/mol. The number of aromatic nitrogens is 1. The van der Waals surface area contributed by atoms with Gasteiger partial charge in [-0.05, 0) is 24.3 Å². The van der Waals surface area contributed by atoms with Crippen LogP contribution in [0.3, 0.4) is 0 Å². The first-order valence-electron chi connectivity index (χ1n) is 5.33. The van der Waals surface area contributed by atoms with E-state index in [2.05, 4.69) is 25.6 Å². The van der Waals surface area contributed by atoms with Crippen LogP contribution in [0, 0.1) is 11.3 Å². The van der Waals surface area contributed by atoms with Crippen molar-refractivity contribution in [1.82, 2.24) is 4.98 Å². The highest BCUT2D eigenvalue weighted by Gasteiger charge is 2.16. The number of aromatic amines is 1. The van der Waals surface area contributed by atoms with Crippen molar-refractivity contribution < 1.29 is 8.42 Å². The number of hydrogen-bond donors (Lipinski definition) is 2. The number of hydrogen-bond acceptors (Lipinski definition) is 4. The minimum absolute atomic E-state index is 0.0963. The summed E-state index contributed by atoms with van der Waals surface area (Å²) in [6.07, 6.45) is 1.09. The number of sulfonamides is 1. The van der Waals surface area contributed by atoms with Crippen molar-refractivity contribution in [1.29, 1.82) is 5.26 Å². The molecular weight excluding hydrogens is 346 g/mol. The van der Waals surface area contributed by atoms with E-state index in [9.17, 15) is 13.2 Å². The molecule has 20 heavy (non-hydrogen) atoms. The average molecular weight is 354 g/mol.